The summed E-state index contributed by atoms with van der Waals surface area (Å²) in [5, 5.41) is 0. The van der Waals surface area contributed by atoms with E-state index < -0.39 is 0 Å². The summed E-state index contributed by atoms with van der Waals surface area (Å²) in [4.78, 5) is 2.48. The SMILES string of the molecule is CC1(C)c2ccccc2-c2cc(-c3ccc(-c4ccccc4)cc3)c(N(c3ccccc3)c3ccccc3-c3ccccc3-c3ccccc3)cc21. The zero-order chi connectivity index (χ0) is 35.1. The van der Waals surface area contributed by atoms with E-state index in [9.17, 15) is 0 Å². The van der Waals surface area contributed by atoms with Crippen LogP contribution >= 0.6 is 0 Å². The van der Waals surface area contributed by atoms with Crippen molar-refractivity contribution < 1.29 is 0 Å². The van der Waals surface area contributed by atoms with Crippen LogP contribution in [0, 0.1) is 0 Å². The van der Waals surface area contributed by atoms with E-state index >= 15 is 0 Å². The highest BCUT2D eigenvalue weighted by Crippen LogP contribution is 2.54. The predicted octanol–water partition coefficient (Wildman–Crippen LogP) is 14.1. The van der Waals surface area contributed by atoms with Crippen LogP contribution in [0.25, 0.3) is 55.6 Å². The Morgan fingerprint density at radius 1 is 0.308 bits per heavy atom. The normalized spacial score (nSPS) is 12.6. The summed E-state index contributed by atoms with van der Waals surface area (Å²) in [6.45, 7) is 4.74. The molecule has 1 aliphatic rings. The summed E-state index contributed by atoms with van der Waals surface area (Å²) in [6.07, 6.45) is 0. The molecular formula is C51H39N. The van der Waals surface area contributed by atoms with Crippen molar-refractivity contribution in [1.82, 2.24) is 0 Å². The van der Waals surface area contributed by atoms with Gasteiger partial charge in [0.25, 0.3) is 0 Å². The quantitative estimate of drug-likeness (QED) is 0.164. The van der Waals surface area contributed by atoms with Crippen molar-refractivity contribution in [2.24, 2.45) is 0 Å². The minimum absolute atomic E-state index is 0.155. The molecule has 0 aliphatic heterocycles. The maximum atomic E-state index is 2.48. The first kappa shape index (κ1) is 31.5. The monoisotopic (exact) mass is 665 g/mol. The predicted molar refractivity (Wildman–Crippen MR) is 220 cm³/mol. The molecule has 0 radical (unpaired) electrons. The van der Waals surface area contributed by atoms with Gasteiger partial charge < -0.3 is 4.90 Å². The molecule has 0 amide bonds. The van der Waals surface area contributed by atoms with Crippen LogP contribution < -0.4 is 4.90 Å². The molecule has 8 aromatic carbocycles. The van der Waals surface area contributed by atoms with Crippen molar-refractivity contribution in [2.75, 3.05) is 4.90 Å². The van der Waals surface area contributed by atoms with Gasteiger partial charge in [0, 0.05) is 22.2 Å². The minimum atomic E-state index is -0.155. The molecule has 0 fully saturated rings. The molecule has 9 rings (SSSR count). The third-order valence-electron chi connectivity index (χ3n) is 10.7. The van der Waals surface area contributed by atoms with Crippen molar-refractivity contribution in [3.8, 4) is 55.6 Å². The third kappa shape index (κ3) is 5.43. The van der Waals surface area contributed by atoms with E-state index in [4.69, 9.17) is 0 Å². The van der Waals surface area contributed by atoms with E-state index in [0.717, 1.165) is 17.1 Å². The second-order valence-corrected chi connectivity index (χ2v) is 14.1. The average Bonchev–Trinajstić information content (AvgIpc) is 3.44. The smallest absolute Gasteiger partial charge is 0.0543 e. The third-order valence-corrected chi connectivity index (χ3v) is 10.7. The largest absolute Gasteiger partial charge is 0.309 e. The maximum Gasteiger partial charge on any atom is 0.0543 e. The van der Waals surface area contributed by atoms with Gasteiger partial charge in [0.2, 0.25) is 0 Å². The first-order valence-corrected chi connectivity index (χ1v) is 18.1. The molecule has 0 atom stereocenters. The lowest BCUT2D eigenvalue weighted by molar-refractivity contribution is 0.660. The molecule has 0 spiro atoms. The van der Waals surface area contributed by atoms with Crippen molar-refractivity contribution in [3.63, 3.8) is 0 Å². The van der Waals surface area contributed by atoms with Crippen molar-refractivity contribution in [2.45, 2.75) is 19.3 Å². The van der Waals surface area contributed by atoms with Gasteiger partial charge in [-0.05, 0) is 86.0 Å². The molecule has 0 aromatic heterocycles. The Morgan fingerprint density at radius 2 is 0.788 bits per heavy atom. The van der Waals surface area contributed by atoms with Crippen LogP contribution in [-0.4, -0.2) is 0 Å². The molecule has 1 aliphatic carbocycles. The van der Waals surface area contributed by atoms with Crippen LogP contribution in [0.4, 0.5) is 17.1 Å². The lowest BCUT2D eigenvalue weighted by atomic mass is 9.81. The van der Waals surface area contributed by atoms with Crippen molar-refractivity contribution in [1.29, 1.82) is 0 Å². The molecule has 0 saturated carbocycles. The molecule has 0 saturated heterocycles. The minimum Gasteiger partial charge on any atom is -0.309 e. The van der Waals surface area contributed by atoms with E-state index in [0.29, 0.717) is 0 Å². The van der Waals surface area contributed by atoms with E-state index in [1.807, 2.05) is 0 Å². The highest BCUT2D eigenvalue weighted by atomic mass is 15.1. The van der Waals surface area contributed by atoms with Crippen molar-refractivity contribution in [3.05, 3.63) is 211 Å². The molecule has 0 N–H and O–H groups in total. The Kier molecular flexibility index (Phi) is 7.90. The fourth-order valence-corrected chi connectivity index (χ4v) is 8.09. The van der Waals surface area contributed by atoms with Crippen LogP contribution in [0.5, 0.6) is 0 Å². The van der Waals surface area contributed by atoms with Gasteiger partial charge in [-0.1, -0.05) is 184 Å². The number of benzene rings is 8. The summed E-state index contributed by atoms with van der Waals surface area (Å²) in [6, 6.07) is 72.8. The molecular weight excluding hydrogens is 627 g/mol. The molecule has 52 heavy (non-hydrogen) atoms. The van der Waals surface area contributed by atoms with Crippen molar-refractivity contribution >= 4 is 17.1 Å². The van der Waals surface area contributed by atoms with Gasteiger partial charge in [0.1, 0.15) is 0 Å². The zero-order valence-electron chi connectivity index (χ0n) is 29.5. The standard InChI is InChI=1S/C51H39N/c1-51(2)47-28-16-14-26-43(47)46-34-45(39-32-30-37(31-33-39)36-18-6-3-7-19-36)50(35-48(46)51)52(40-22-10-5-11-23-40)49-29-17-15-27-44(49)42-25-13-12-24-41(42)38-20-8-4-9-21-38/h3-35H,1-2H3. The second kappa shape index (κ2) is 13.0. The van der Waals surface area contributed by atoms with Gasteiger partial charge in [-0.15, -0.1) is 0 Å². The van der Waals surface area contributed by atoms with E-state index in [1.165, 1.54) is 66.8 Å². The number of fused-ring (bicyclic) bond motifs is 3. The zero-order valence-corrected chi connectivity index (χ0v) is 29.5. The van der Waals surface area contributed by atoms with Gasteiger partial charge >= 0.3 is 0 Å². The van der Waals surface area contributed by atoms with Crippen LogP contribution in [0.2, 0.25) is 0 Å². The second-order valence-electron chi connectivity index (χ2n) is 14.1. The summed E-state index contributed by atoms with van der Waals surface area (Å²) >= 11 is 0. The number of hydrogen-bond acceptors (Lipinski definition) is 1. The van der Waals surface area contributed by atoms with Crippen LogP contribution in [0.15, 0.2) is 200 Å². The van der Waals surface area contributed by atoms with E-state index in [-0.39, 0.29) is 5.41 Å². The molecule has 0 bridgehead atoms. The van der Waals surface area contributed by atoms with Gasteiger partial charge in [0.15, 0.2) is 0 Å². The van der Waals surface area contributed by atoms with Gasteiger partial charge in [-0.3, -0.25) is 0 Å². The van der Waals surface area contributed by atoms with Crippen LogP contribution in [0.1, 0.15) is 25.0 Å². The first-order valence-electron chi connectivity index (χ1n) is 18.1. The lowest BCUT2D eigenvalue weighted by Gasteiger charge is -2.32. The summed E-state index contributed by atoms with van der Waals surface area (Å²) in [5.74, 6) is 0. The number of nitrogens with zero attached hydrogens (tertiary/aromatic N) is 1. The van der Waals surface area contributed by atoms with Crippen LogP contribution in [0.3, 0.4) is 0 Å². The maximum absolute atomic E-state index is 2.48. The van der Waals surface area contributed by atoms with E-state index in [2.05, 4.69) is 219 Å². The topological polar surface area (TPSA) is 3.24 Å². The Hall–Kier alpha value is -6.44. The molecule has 248 valence electrons. The first-order chi connectivity index (χ1) is 25.6. The fourth-order valence-electron chi connectivity index (χ4n) is 8.09. The highest BCUT2D eigenvalue weighted by Gasteiger charge is 2.37. The Morgan fingerprint density at radius 3 is 1.48 bits per heavy atom. The lowest BCUT2D eigenvalue weighted by Crippen LogP contribution is -2.17. The molecule has 8 aromatic rings. The fraction of sp³-hybridized carbons (Fsp3) is 0.0588. The van der Waals surface area contributed by atoms with Gasteiger partial charge in [0.05, 0.1) is 11.4 Å². The summed E-state index contributed by atoms with van der Waals surface area (Å²) in [7, 11) is 0. The van der Waals surface area contributed by atoms with Gasteiger partial charge in [-0.2, -0.15) is 0 Å². The average molecular weight is 666 g/mol. The van der Waals surface area contributed by atoms with E-state index in [1.54, 1.807) is 0 Å². The van der Waals surface area contributed by atoms with Gasteiger partial charge in [-0.25, -0.2) is 0 Å². The van der Waals surface area contributed by atoms with Crippen LogP contribution in [-0.2, 0) is 5.41 Å². The number of rotatable bonds is 7. The summed E-state index contributed by atoms with van der Waals surface area (Å²) in [5.41, 5.74) is 18.2. The number of para-hydroxylation sites is 2. The molecule has 1 nitrogen and oxygen atoms in total. The Balaban J connectivity index is 1.31. The summed E-state index contributed by atoms with van der Waals surface area (Å²) < 4.78 is 0. The Labute approximate surface area is 307 Å². The molecule has 1 heteroatoms. The Bertz CT molecular complexity index is 2510. The highest BCUT2D eigenvalue weighted by molar-refractivity contribution is 5.99. The molecule has 0 heterocycles. The number of anilines is 3. The molecule has 0 unspecified atom stereocenters. The number of hydrogen-bond donors (Lipinski definition) is 0.